The highest BCUT2D eigenvalue weighted by molar-refractivity contribution is 6.21. The van der Waals surface area contributed by atoms with Crippen molar-refractivity contribution in [2.24, 2.45) is 0 Å². The molecular weight excluding hydrogens is 338 g/mol. The van der Waals surface area contributed by atoms with Crippen LogP contribution in [0.3, 0.4) is 0 Å². The van der Waals surface area contributed by atoms with Crippen molar-refractivity contribution in [3.63, 3.8) is 0 Å². The molecule has 0 saturated carbocycles. The molecule has 2 amide bonds. The van der Waals surface area contributed by atoms with Crippen molar-refractivity contribution in [2.75, 3.05) is 6.54 Å². The number of rotatable bonds is 4. The number of aryl methyl sites for hydroxylation is 1. The van der Waals surface area contributed by atoms with E-state index in [0.717, 1.165) is 22.1 Å². The van der Waals surface area contributed by atoms with Gasteiger partial charge in [0.2, 0.25) is 0 Å². The number of benzene rings is 2. The third-order valence-electron chi connectivity index (χ3n) is 5.18. The zero-order chi connectivity index (χ0) is 18.4. The van der Waals surface area contributed by atoms with Gasteiger partial charge in [0.05, 0.1) is 22.3 Å². The van der Waals surface area contributed by atoms with Crippen molar-refractivity contribution < 1.29 is 9.59 Å². The fraction of sp³-hybridized carbons (Fsp3) is 0.136. The molecule has 3 heterocycles. The number of fused-ring (bicyclic) bond motifs is 4. The fourth-order valence-electron chi connectivity index (χ4n) is 3.87. The van der Waals surface area contributed by atoms with Crippen LogP contribution in [0, 0.1) is 0 Å². The van der Waals surface area contributed by atoms with Crippen LogP contribution in [0.5, 0.6) is 0 Å². The summed E-state index contributed by atoms with van der Waals surface area (Å²) in [6, 6.07) is 17.2. The molecule has 132 valence electrons. The standard InChI is InChI=1S/C22H17N3O2/c26-21-16-7-1-2-8-17(16)22(27)25(21)13-5-10-19-20-15(11-12-23-19)14-6-3-4-9-18(14)24-20/h1-4,6-9,11-12,24H,5,10,13H2. The highest BCUT2D eigenvalue weighted by Crippen LogP contribution is 2.27. The Hall–Kier alpha value is -3.47. The van der Waals surface area contributed by atoms with Gasteiger partial charge in [-0.2, -0.15) is 0 Å². The van der Waals surface area contributed by atoms with Crippen LogP contribution in [0.15, 0.2) is 60.8 Å². The van der Waals surface area contributed by atoms with E-state index < -0.39 is 0 Å². The summed E-state index contributed by atoms with van der Waals surface area (Å²) in [7, 11) is 0. The number of imide groups is 1. The Morgan fingerprint density at radius 2 is 1.56 bits per heavy atom. The van der Waals surface area contributed by atoms with E-state index >= 15 is 0 Å². The Morgan fingerprint density at radius 3 is 2.33 bits per heavy atom. The van der Waals surface area contributed by atoms with Gasteiger partial charge in [0.25, 0.3) is 11.8 Å². The molecule has 5 nitrogen and oxygen atoms in total. The van der Waals surface area contributed by atoms with E-state index in [-0.39, 0.29) is 11.8 Å². The minimum Gasteiger partial charge on any atom is -0.353 e. The van der Waals surface area contributed by atoms with Crippen molar-refractivity contribution in [3.8, 4) is 0 Å². The lowest BCUT2D eigenvalue weighted by Crippen LogP contribution is -2.31. The van der Waals surface area contributed by atoms with Gasteiger partial charge in [0.15, 0.2) is 0 Å². The van der Waals surface area contributed by atoms with Crippen LogP contribution in [-0.4, -0.2) is 33.2 Å². The molecule has 1 aliphatic rings. The first kappa shape index (κ1) is 15.8. The van der Waals surface area contributed by atoms with Crippen molar-refractivity contribution >= 4 is 33.6 Å². The number of carbonyl (C=O) groups is 2. The Labute approximate surface area is 155 Å². The lowest BCUT2D eigenvalue weighted by Gasteiger charge is -2.13. The molecule has 0 atom stereocenters. The number of para-hydroxylation sites is 1. The van der Waals surface area contributed by atoms with E-state index in [1.165, 1.54) is 10.3 Å². The van der Waals surface area contributed by atoms with Crippen molar-refractivity contribution in [3.05, 3.63) is 77.6 Å². The first-order valence-electron chi connectivity index (χ1n) is 9.03. The van der Waals surface area contributed by atoms with Gasteiger partial charge in [-0.25, -0.2) is 0 Å². The molecule has 0 aliphatic carbocycles. The van der Waals surface area contributed by atoms with Crippen LogP contribution < -0.4 is 0 Å². The maximum Gasteiger partial charge on any atom is 0.261 e. The first-order valence-corrected chi connectivity index (χ1v) is 9.03. The topological polar surface area (TPSA) is 66.1 Å². The van der Waals surface area contributed by atoms with Gasteiger partial charge in [0.1, 0.15) is 0 Å². The second-order valence-electron chi connectivity index (χ2n) is 6.76. The van der Waals surface area contributed by atoms with Gasteiger partial charge in [0, 0.05) is 29.0 Å². The minimum absolute atomic E-state index is 0.202. The van der Waals surface area contributed by atoms with Crippen LogP contribution >= 0.6 is 0 Å². The number of hydrogen-bond acceptors (Lipinski definition) is 3. The molecular formula is C22H17N3O2. The summed E-state index contributed by atoms with van der Waals surface area (Å²) in [6.07, 6.45) is 3.18. The summed E-state index contributed by atoms with van der Waals surface area (Å²) in [4.78, 5) is 34.2. The zero-order valence-corrected chi connectivity index (χ0v) is 14.6. The third-order valence-corrected chi connectivity index (χ3v) is 5.18. The van der Waals surface area contributed by atoms with E-state index in [2.05, 4.69) is 22.1 Å². The van der Waals surface area contributed by atoms with Crippen molar-refractivity contribution in [1.82, 2.24) is 14.9 Å². The number of hydrogen-bond donors (Lipinski definition) is 1. The SMILES string of the molecule is O=C1c2ccccc2C(=O)N1CCCc1nccc2c1[nH]c1ccccc12. The Kier molecular flexibility index (Phi) is 3.53. The number of aromatic nitrogens is 2. The second kappa shape index (κ2) is 6.06. The summed E-state index contributed by atoms with van der Waals surface area (Å²) >= 11 is 0. The molecule has 1 aliphatic heterocycles. The third kappa shape index (κ3) is 2.43. The number of aromatic amines is 1. The van der Waals surface area contributed by atoms with Crippen LogP contribution in [0.2, 0.25) is 0 Å². The average molecular weight is 355 g/mol. The Bertz CT molecular complexity index is 1170. The normalized spacial score (nSPS) is 13.7. The molecule has 0 bridgehead atoms. The number of carbonyl (C=O) groups excluding carboxylic acids is 2. The molecule has 5 heteroatoms. The van der Waals surface area contributed by atoms with Gasteiger partial charge in [-0.3, -0.25) is 19.5 Å². The predicted molar refractivity (Wildman–Crippen MR) is 104 cm³/mol. The van der Waals surface area contributed by atoms with E-state index in [9.17, 15) is 9.59 Å². The lowest BCUT2D eigenvalue weighted by molar-refractivity contribution is 0.0652. The van der Waals surface area contributed by atoms with Crippen molar-refractivity contribution in [1.29, 1.82) is 0 Å². The maximum absolute atomic E-state index is 12.5. The van der Waals surface area contributed by atoms with Crippen LogP contribution in [-0.2, 0) is 6.42 Å². The molecule has 27 heavy (non-hydrogen) atoms. The summed E-state index contributed by atoms with van der Waals surface area (Å²) < 4.78 is 0. The molecule has 0 fully saturated rings. The molecule has 0 unspecified atom stereocenters. The molecule has 4 aromatic rings. The highest BCUT2D eigenvalue weighted by atomic mass is 16.2. The Morgan fingerprint density at radius 1 is 0.852 bits per heavy atom. The molecule has 2 aromatic heterocycles. The molecule has 0 radical (unpaired) electrons. The zero-order valence-electron chi connectivity index (χ0n) is 14.6. The van der Waals surface area contributed by atoms with Gasteiger partial charge in [-0.15, -0.1) is 0 Å². The highest BCUT2D eigenvalue weighted by Gasteiger charge is 2.34. The predicted octanol–water partition coefficient (Wildman–Crippen LogP) is 3.94. The van der Waals surface area contributed by atoms with E-state index in [1.54, 1.807) is 24.3 Å². The van der Waals surface area contributed by atoms with Crippen LogP contribution in [0.4, 0.5) is 0 Å². The largest absolute Gasteiger partial charge is 0.353 e. The van der Waals surface area contributed by atoms with E-state index in [4.69, 9.17) is 0 Å². The average Bonchev–Trinajstić information content (AvgIpc) is 3.20. The number of pyridine rings is 1. The summed E-state index contributed by atoms with van der Waals surface area (Å²) in [5.74, 6) is -0.403. The molecule has 1 N–H and O–H groups in total. The molecule has 0 saturated heterocycles. The van der Waals surface area contributed by atoms with Crippen LogP contribution in [0.1, 0.15) is 32.8 Å². The smallest absolute Gasteiger partial charge is 0.261 e. The summed E-state index contributed by atoms with van der Waals surface area (Å²) in [5.41, 5.74) is 4.07. The molecule has 0 spiro atoms. The monoisotopic (exact) mass is 355 g/mol. The fourth-order valence-corrected chi connectivity index (χ4v) is 3.87. The summed E-state index contributed by atoms with van der Waals surface area (Å²) in [6.45, 7) is 0.393. The first-order chi connectivity index (χ1) is 13.2. The van der Waals surface area contributed by atoms with E-state index in [0.29, 0.717) is 30.5 Å². The number of nitrogens with zero attached hydrogens (tertiary/aromatic N) is 2. The second-order valence-corrected chi connectivity index (χ2v) is 6.76. The maximum atomic E-state index is 12.5. The van der Waals surface area contributed by atoms with E-state index in [1.807, 2.05) is 24.4 Å². The van der Waals surface area contributed by atoms with Crippen LogP contribution in [0.25, 0.3) is 21.8 Å². The molecule has 2 aromatic carbocycles. The minimum atomic E-state index is -0.202. The van der Waals surface area contributed by atoms with Gasteiger partial charge in [-0.1, -0.05) is 30.3 Å². The molecule has 5 rings (SSSR count). The van der Waals surface area contributed by atoms with Crippen molar-refractivity contribution in [2.45, 2.75) is 12.8 Å². The number of amides is 2. The number of H-pyrrole nitrogens is 1. The summed E-state index contributed by atoms with van der Waals surface area (Å²) in [5, 5.41) is 2.33. The number of nitrogens with one attached hydrogen (secondary N) is 1. The van der Waals surface area contributed by atoms with Gasteiger partial charge >= 0.3 is 0 Å². The Balaban J connectivity index is 1.37. The quantitative estimate of drug-likeness (QED) is 0.564. The van der Waals surface area contributed by atoms with Gasteiger partial charge < -0.3 is 4.98 Å². The van der Waals surface area contributed by atoms with Gasteiger partial charge in [-0.05, 0) is 37.1 Å². The lowest BCUT2D eigenvalue weighted by atomic mass is 10.1.